The number of hydrogen-bond donors (Lipinski definition) is 1. The molecule has 2 heterocycles. The van der Waals surface area contributed by atoms with Crippen LogP contribution in [0.1, 0.15) is 30.5 Å². The lowest BCUT2D eigenvalue weighted by molar-refractivity contribution is 0.598. The first-order chi connectivity index (χ1) is 9.11. The highest BCUT2D eigenvalue weighted by molar-refractivity contribution is 9.10. The van der Waals surface area contributed by atoms with Crippen LogP contribution in [-0.4, -0.2) is 11.5 Å². The maximum Gasteiger partial charge on any atom is 0.0995 e. The molecule has 0 saturated carbocycles. The molecule has 1 N–H and O–H groups in total. The summed E-state index contributed by atoms with van der Waals surface area (Å²) < 4.78 is 2.37. The lowest BCUT2D eigenvalue weighted by Crippen LogP contribution is -2.23. The van der Waals surface area contributed by atoms with Gasteiger partial charge in [0.2, 0.25) is 0 Å². The van der Waals surface area contributed by atoms with Crippen LogP contribution in [0.2, 0.25) is 8.67 Å². The molecule has 0 aliphatic heterocycles. The molecule has 2 aromatic heterocycles. The molecule has 19 heavy (non-hydrogen) atoms. The third-order valence-electron chi connectivity index (χ3n) is 2.65. The Morgan fingerprint density at radius 3 is 2.74 bits per heavy atom. The number of nitrogens with zero attached hydrogens (tertiary/aromatic N) is 1. The van der Waals surface area contributed by atoms with Crippen molar-refractivity contribution < 1.29 is 0 Å². The smallest absolute Gasteiger partial charge is 0.0995 e. The molecule has 0 aromatic carbocycles. The van der Waals surface area contributed by atoms with Gasteiger partial charge >= 0.3 is 0 Å². The molecule has 0 amide bonds. The Kier molecular flexibility index (Phi) is 5.66. The number of aromatic nitrogens is 1. The number of rotatable bonds is 5. The summed E-state index contributed by atoms with van der Waals surface area (Å²) in [5.41, 5.74) is 2.07. The monoisotopic (exact) mass is 378 g/mol. The molecule has 0 fully saturated rings. The van der Waals surface area contributed by atoms with Gasteiger partial charge in [0.25, 0.3) is 0 Å². The van der Waals surface area contributed by atoms with Crippen LogP contribution >= 0.6 is 50.5 Å². The molecule has 0 saturated heterocycles. The minimum Gasteiger partial charge on any atom is -0.306 e. The molecule has 0 bridgehead atoms. The quantitative estimate of drug-likeness (QED) is 0.762. The number of pyridine rings is 1. The van der Waals surface area contributed by atoms with Crippen molar-refractivity contribution >= 4 is 50.5 Å². The predicted molar refractivity (Wildman–Crippen MR) is 86.4 cm³/mol. The number of thiophene rings is 1. The van der Waals surface area contributed by atoms with Gasteiger partial charge < -0.3 is 5.32 Å². The van der Waals surface area contributed by atoms with E-state index in [1.165, 1.54) is 11.3 Å². The minimum absolute atomic E-state index is 0.0150. The average Bonchev–Trinajstić information content (AvgIpc) is 2.69. The van der Waals surface area contributed by atoms with Gasteiger partial charge in [0.15, 0.2) is 0 Å². The van der Waals surface area contributed by atoms with Crippen LogP contribution in [0.4, 0.5) is 0 Å². The Bertz CT molecular complexity index is 559. The van der Waals surface area contributed by atoms with E-state index in [4.69, 9.17) is 23.2 Å². The molecule has 2 rings (SSSR count). The summed E-state index contributed by atoms with van der Waals surface area (Å²) in [6.07, 6.45) is 4.66. The maximum atomic E-state index is 6.27. The maximum absolute atomic E-state index is 6.27. The van der Waals surface area contributed by atoms with Gasteiger partial charge in [-0.15, -0.1) is 11.3 Å². The van der Waals surface area contributed by atoms with Crippen molar-refractivity contribution in [3.63, 3.8) is 0 Å². The zero-order valence-electron chi connectivity index (χ0n) is 10.3. The summed E-state index contributed by atoms with van der Waals surface area (Å²) >= 11 is 17.2. The molecular weight excluding hydrogens is 367 g/mol. The van der Waals surface area contributed by atoms with Gasteiger partial charge in [0.1, 0.15) is 0 Å². The van der Waals surface area contributed by atoms with Crippen LogP contribution in [-0.2, 0) is 0 Å². The zero-order chi connectivity index (χ0) is 13.8. The largest absolute Gasteiger partial charge is 0.306 e. The molecule has 6 heteroatoms. The van der Waals surface area contributed by atoms with Crippen LogP contribution in [0, 0.1) is 0 Å². The molecule has 0 aliphatic rings. The van der Waals surface area contributed by atoms with E-state index >= 15 is 0 Å². The summed E-state index contributed by atoms with van der Waals surface area (Å²) in [6.45, 7) is 3.03. The Hall–Kier alpha value is -0.130. The van der Waals surface area contributed by atoms with E-state index in [0.29, 0.717) is 4.34 Å². The second-order valence-electron chi connectivity index (χ2n) is 4.10. The standard InChI is InChI=1S/C13H13BrCl2N2S/c1-2-3-18-12(8-4-9(14)7-17-6-8)10-5-11(15)19-13(10)16/h4-7,12,18H,2-3H2,1H3. The van der Waals surface area contributed by atoms with E-state index < -0.39 is 0 Å². The zero-order valence-corrected chi connectivity index (χ0v) is 14.2. The third kappa shape index (κ3) is 3.92. The summed E-state index contributed by atoms with van der Waals surface area (Å²) in [5.74, 6) is 0. The lowest BCUT2D eigenvalue weighted by Gasteiger charge is -2.18. The van der Waals surface area contributed by atoms with Gasteiger partial charge in [0, 0.05) is 22.4 Å². The Balaban J connectivity index is 2.38. The van der Waals surface area contributed by atoms with E-state index in [0.717, 1.165) is 32.9 Å². The first-order valence-electron chi connectivity index (χ1n) is 5.90. The predicted octanol–water partition coefficient (Wildman–Crippen LogP) is 5.30. The van der Waals surface area contributed by atoms with E-state index in [-0.39, 0.29) is 6.04 Å². The molecule has 2 aromatic rings. The first kappa shape index (κ1) is 15.3. The Morgan fingerprint density at radius 1 is 1.37 bits per heavy atom. The fourth-order valence-electron chi connectivity index (χ4n) is 1.83. The fourth-order valence-corrected chi connectivity index (χ4v) is 3.75. The van der Waals surface area contributed by atoms with Gasteiger partial charge in [-0.3, -0.25) is 4.98 Å². The van der Waals surface area contributed by atoms with Gasteiger partial charge in [0.05, 0.1) is 14.7 Å². The topological polar surface area (TPSA) is 24.9 Å². The Labute approximate surface area is 135 Å². The van der Waals surface area contributed by atoms with Crippen molar-refractivity contribution in [1.82, 2.24) is 10.3 Å². The molecule has 1 unspecified atom stereocenters. The van der Waals surface area contributed by atoms with Gasteiger partial charge in [-0.25, -0.2) is 0 Å². The molecule has 102 valence electrons. The van der Waals surface area contributed by atoms with E-state index in [1.54, 1.807) is 6.20 Å². The molecular formula is C13H13BrCl2N2S. The third-order valence-corrected chi connectivity index (χ3v) is 4.60. The highest BCUT2D eigenvalue weighted by Gasteiger charge is 2.19. The highest BCUT2D eigenvalue weighted by Crippen LogP contribution is 2.37. The molecule has 1 atom stereocenters. The SMILES string of the molecule is CCCNC(c1cncc(Br)c1)c1cc(Cl)sc1Cl. The molecule has 0 aliphatic carbocycles. The summed E-state index contributed by atoms with van der Waals surface area (Å²) in [4.78, 5) is 4.22. The number of nitrogens with one attached hydrogen (secondary N) is 1. The van der Waals surface area contributed by atoms with Crippen molar-refractivity contribution in [2.75, 3.05) is 6.54 Å². The van der Waals surface area contributed by atoms with Crippen LogP contribution in [0.3, 0.4) is 0 Å². The molecule has 0 radical (unpaired) electrons. The van der Waals surface area contributed by atoms with E-state index in [2.05, 4.69) is 33.2 Å². The normalized spacial score (nSPS) is 12.6. The summed E-state index contributed by atoms with van der Waals surface area (Å²) in [5, 5.41) is 3.49. The molecule has 2 nitrogen and oxygen atoms in total. The van der Waals surface area contributed by atoms with Gasteiger partial charge in [-0.2, -0.15) is 0 Å². The van der Waals surface area contributed by atoms with Crippen LogP contribution in [0.25, 0.3) is 0 Å². The second kappa shape index (κ2) is 7.04. The van der Waals surface area contributed by atoms with Crippen molar-refractivity contribution in [3.8, 4) is 0 Å². The summed E-state index contributed by atoms with van der Waals surface area (Å²) in [6, 6.07) is 3.98. The van der Waals surface area contributed by atoms with Crippen molar-refractivity contribution in [2.45, 2.75) is 19.4 Å². The van der Waals surface area contributed by atoms with Crippen molar-refractivity contribution in [2.24, 2.45) is 0 Å². The van der Waals surface area contributed by atoms with Crippen LogP contribution in [0.5, 0.6) is 0 Å². The van der Waals surface area contributed by atoms with Crippen LogP contribution < -0.4 is 5.32 Å². The average molecular weight is 380 g/mol. The first-order valence-corrected chi connectivity index (χ1v) is 8.27. The van der Waals surface area contributed by atoms with E-state index in [9.17, 15) is 0 Å². The highest BCUT2D eigenvalue weighted by atomic mass is 79.9. The van der Waals surface area contributed by atoms with Crippen molar-refractivity contribution in [3.05, 3.63) is 48.8 Å². The van der Waals surface area contributed by atoms with E-state index in [1.807, 2.05) is 18.3 Å². The Morgan fingerprint density at radius 2 is 2.16 bits per heavy atom. The lowest BCUT2D eigenvalue weighted by atomic mass is 10.0. The number of halogens is 3. The van der Waals surface area contributed by atoms with Crippen LogP contribution in [0.15, 0.2) is 29.0 Å². The van der Waals surface area contributed by atoms with Gasteiger partial charge in [-0.1, -0.05) is 30.1 Å². The van der Waals surface area contributed by atoms with Crippen molar-refractivity contribution in [1.29, 1.82) is 0 Å². The molecule has 0 spiro atoms. The fraction of sp³-hybridized carbons (Fsp3) is 0.308. The van der Waals surface area contributed by atoms with Gasteiger partial charge in [-0.05, 0) is 46.6 Å². The number of hydrogen-bond acceptors (Lipinski definition) is 3. The second-order valence-corrected chi connectivity index (χ2v) is 7.30. The minimum atomic E-state index is 0.0150. The summed E-state index contributed by atoms with van der Waals surface area (Å²) in [7, 11) is 0.